The summed E-state index contributed by atoms with van der Waals surface area (Å²) in [4.78, 5) is 2.75. The molecule has 1 aliphatic heterocycles. The van der Waals surface area contributed by atoms with E-state index in [2.05, 4.69) is 51.8 Å². The Morgan fingerprint density at radius 2 is 1.36 bits per heavy atom. The van der Waals surface area contributed by atoms with Crippen molar-refractivity contribution in [2.24, 2.45) is 17.3 Å². The highest BCUT2D eigenvalue weighted by molar-refractivity contribution is 4.85. The molecule has 1 N–H and O–H groups in total. The van der Waals surface area contributed by atoms with Gasteiger partial charge in [0.05, 0.1) is 0 Å². The third-order valence-corrected chi connectivity index (χ3v) is 5.81. The molecule has 22 heavy (non-hydrogen) atoms. The predicted octanol–water partition coefficient (Wildman–Crippen LogP) is 4.69. The summed E-state index contributed by atoms with van der Waals surface area (Å²) < 4.78 is 0. The van der Waals surface area contributed by atoms with Crippen LogP contribution in [0.5, 0.6) is 0 Å². The largest absolute Gasteiger partial charge is 0.309 e. The molecule has 2 nitrogen and oxygen atoms in total. The maximum absolute atomic E-state index is 3.79. The Balaban J connectivity index is 1.67. The van der Waals surface area contributed by atoms with Gasteiger partial charge in [0.15, 0.2) is 0 Å². The molecule has 2 rings (SSSR count). The molecule has 1 saturated heterocycles. The fourth-order valence-corrected chi connectivity index (χ4v) is 4.45. The second-order valence-electron chi connectivity index (χ2n) is 10.1. The molecule has 0 aromatic rings. The SMILES string of the molecule is CC(C)(C)N[C@H]1CC[C@H](CN2CCC(C(C)(C)C)CC2)CC1. The molecule has 0 unspecified atom stereocenters. The van der Waals surface area contributed by atoms with Gasteiger partial charge in [-0.25, -0.2) is 0 Å². The summed E-state index contributed by atoms with van der Waals surface area (Å²) in [6.45, 7) is 18.1. The van der Waals surface area contributed by atoms with Crippen LogP contribution in [-0.2, 0) is 0 Å². The number of nitrogens with one attached hydrogen (secondary N) is 1. The normalized spacial score (nSPS) is 29.7. The smallest absolute Gasteiger partial charge is 0.00990 e. The highest BCUT2D eigenvalue weighted by Crippen LogP contribution is 2.35. The summed E-state index contributed by atoms with van der Waals surface area (Å²) in [5, 5.41) is 3.79. The third kappa shape index (κ3) is 5.85. The summed E-state index contributed by atoms with van der Waals surface area (Å²) in [5.74, 6) is 1.87. The van der Waals surface area contributed by atoms with Crippen molar-refractivity contribution in [2.45, 2.75) is 91.6 Å². The van der Waals surface area contributed by atoms with Gasteiger partial charge in [0.25, 0.3) is 0 Å². The molecule has 0 atom stereocenters. The van der Waals surface area contributed by atoms with Crippen molar-refractivity contribution in [3.05, 3.63) is 0 Å². The first-order chi connectivity index (χ1) is 10.1. The molecule has 0 spiro atoms. The second kappa shape index (κ2) is 7.21. The van der Waals surface area contributed by atoms with E-state index in [1.54, 1.807) is 0 Å². The molecule has 1 heterocycles. The van der Waals surface area contributed by atoms with Gasteiger partial charge in [-0.05, 0) is 89.6 Å². The first-order valence-electron chi connectivity index (χ1n) is 9.63. The molecule has 2 aliphatic rings. The number of likely N-dealkylation sites (tertiary alicyclic amines) is 1. The molecular formula is C20H40N2. The van der Waals surface area contributed by atoms with E-state index in [4.69, 9.17) is 0 Å². The molecule has 130 valence electrons. The van der Waals surface area contributed by atoms with Crippen LogP contribution >= 0.6 is 0 Å². The van der Waals surface area contributed by atoms with E-state index in [9.17, 15) is 0 Å². The number of nitrogens with zero attached hydrogens (tertiary/aromatic N) is 1. The summed E-state index contributed by atoms with van der Waals surface area (Å²) >= 11 is 0. The molecule has 2 fully saturated rings. The average molecular weight is 309 g/mol. The Kier molecular flexibility index (Phi) is 5.99. The molecule has 0 amide bonds. The Labute approximate surface area is 139 Å². The second-order valence-corrected chi connectivity index (χ2v) is 10.1. The van der Waals surface area contributed by atoms with Gasteiger partial charge in [-0.1, -0.05) is 20.8 Å². The van der Waals surface area contributed by atoms with Crippen molar-refractivity contribution in [1.29, 1.82) is 0 Å². The van der Waals surface area contributed by atoms with Crippen molar-refractivity contribution in [3.8, 4) is 0 Å². The highest BCUT2D eigenvalue weighted by atomic mass is 15.1. The van der Waals surface area contributed by atoms with Crippen molar-refractivity contribution in [2.75, 3.05) is 19.6 Å². The van der Waals surface area contributed by atoms with Gasteiger partial charge >= 0.3 is 0 Å². The highest BCUT2D eigenvalue weighted by Gasteiger charge is 2.30. The molecule has 2 heteroatoms. The maximum Gasteiger partial charge on any atom is 0.00990 e. The Hall–Kier alpha value is -0.0800. The first-order valence-corrected chi connectivity index (χ1v) is 9.63. The number of piperidine rings is 1. The first kappa shape index (κ1) is 18.3. The van der Waals surface area contributed by atoms with E-state index in [1.807, 2.05) is 0 Å². The lowest BCUT2D eigenvalue weighted by Crippen LogP contribution is -2.46. The summed E-state index contributed by atoms with van der Waals surface area (Å²) in [6.07, 6.45) is 8.41. The van der Waals surface area contributed by atoms with E-state index in [0.717, 1.165) is 17.9 Å². The van der Waals surface area contributed by atoms with Gasteiger partial charge in [0.1, 0.15) is 0 Å². The van der Waals surface area contributed by atoms with E-state index in [1.165, 1.54) is 58.2 Å². The van der Waals surface area contributed by atoms with Crippen molar-refractivity contribution < 1.29 is 0 Å². The van der Waals surface area contributed by atoms with Crippen LogP contribution in [0.25, 0.3) is 0 Å². The topological polar surface area (TPSA) is 15.3 Å². The van der Waals surface area contributed by atoms with Crippen LogP contribution in [0.15, 0.2) is 0 Å². The van der Waals surface area contributed by atoms with Crippen molar-refractivity contribution >= 4 is 0 Å². The Morgan fingerprint density at radius 3 is 1.82 bits per heavy atom. The van der Waals surface area contributed by atoms with E-state index in [0.29, 0.717) is 5.41 Å². The average Bonchev–Trinajstić information content (AvgIpc) is 2.39. The van der Waals surface area contributed by atoms with Gasteiger partial charge in [0.2, 0.25) is 0 Å². The van der Waals surface area contributed by atoms with Gasteiger partial charge in [0, 0.05) is 18.1 Å². The van der Waals surface area contributed by atoms with Crippen LogP contribution in [0.1, 0.15) is 80.1 Å². The van der Waals surface area contributed by atoms with Crippen LogP contribution in [-0.4, -0.2) is 36.1 Å². The maximum atomic E-state index is 3.79. The lowest BCUT2D eigenvalue weighted by molar-refractivity contribution is 0.0918. The lowest BCUT2D eigenvalue weighted by atomic mass is 9.75. The zero-order valence-electron chi connectivity index (χ0n) is 16.0. The van der Waals surface area contributed by atoms with E-state index < -0.39 is 0 Å². The Morgan fingerprint density at radius 1 is 0.818 bits per heavy atom. The Bertz CT molecular complexity index is 321. The molecule has 0 aromatic heterocycles. The fraction of sp³-hybridized carbons (Fsp3) is 1.00. The minimum Gasteiger partial charge on any atom is -0.309 e. The summed E-state index contributed by atoms with van der Waals surface area (Å²) in [5.41, 5.74) is 0.773. The standard InChI is InChI=1S/C20H40N2/c1-19(2,3)17-11-13-22(14-12-17)15-16-7-9-18(10-8-16)21-20(4,5)6/h16-18,21H,7-15H2,1-6H3/t16-,18-. The predicted molar refractivity (Wildman–Crippen MR) is 97.3 cm³/mol. The van der Waals surface area contributed by atoms with Gasteiger partial charge in [-0.2, -0.15) is 0 Å². The van der Waals surface area contributed by atoms with Gasteiger partial charge in [-0.15, -0.1) is 0 Å². The molecule has 1 saturated carbocycles. The zero-order chi connectivity index (χ0) is 16.4. The van der Waals surface area contributed by atoms with Crippen molar-refractivity contribution in [3.63, 3.8) is 0 Å². The summed E-state index contributed by atoms with van der Waals surface area (Å²) in [7, 11) is 0. The minimum atomic E-state index is 0.270. The summed E-state index contributed by atoms with van der Waals surface area (Å²) in [6, 6.07) is 0.753. The van der Waals surface area contributed by atoms with E-state index >= 15 is 0 Å². The quantitative estimate of drug-likeness (QED) is 0.813. The number of rotatable bonds is 3. The molecule has 0 radical (unpaired) electrons. The number of hydrogen-bond acceptors (Lipinski definition) is 2. The van der Waals surface area contributed by atoms with Crippen LogP contribution in [0, 0.1) is 17.3 Å². The lowest BCUT2D eigenvalue weighted by Gasteiger charge is -2.41. The zero-order valence-corrected chi connectivity index (χ0v) is 16.0. The van der Waals surface area contributed by atoms with Crippen LogP contribution in [0.3, 0.4) is 0 Å². The molecule has 1 aliphatic carbocycles. The number of hydrogen-bond donors (Lipinski definition) is 1. The van der Waals surface area contributed by atoms with Crippen molar-refractivity contribution in [1.82, 2.24) is 10.2 Å². The van der Waals surface area contributed by atoms with Gasteiger partial charge in [-0.3, -0.25) is 0 Å². The van der Waals surface area contributed by atoms with E-state index in [-0.39, 0.29) is 5.54 Å². The van der Waals surface area contributed by atoms with Gasteiger partial charge < -0.3 is 10.2 Å². The minimum absolute atomic E-state index is 0.270. The molecule has 0 aromatic carbocycles. The molecule has 0 bridgehead atoms. The van der Waals surface area contributed by atoms with Crippen LogP contribution < -0.4 is 5.32 Å². The van der Waals surface area contributed by atoms with Crippen LogP contribution in [0.2, 0.25) is 0 Å². The molecular weight excluding hydrogens is 268 g/mol. The fourth-order valence-electron chi connectivity index (χ4n) is 4.45. The third-order valence-electron chi connectivity index (χ3n) is 5.81. The van der Waals surface area contributed by atoms with Crippen LogP contribution in [0.4, 0.5) is 0 Å². The monoisotopic (exact) mass is 308 g/mol.